The van der Waals surface area contributed by atoms with E-state index < -0.39 is 5.54 Å². The average Bonchev–Trinajstić information content (AvgIpc) is 3.23. The van der Waals surface area contributed by atoms with Gasteiger partial charge in [-0.2, -0.15) is 5.10 Å². The summed E-state index contributed by atoms with van der Waals surface area (Å²) in [6.07, 6.45) is 6.97. The number of nitrogens with one attached hydrogen (secondary N) is 2. The molecule has 0 atom stereocenters. The van der Waals surface area contributed by atoms with Crippen molar-refractivity contribution < 1.29 is 9.18 Å². The number of amides is 1. The van der Waals surface area contributed by atoms with E-state index in [4.69, 9.17) is 0 Å². The molecule has 1 aliphatic carbocycles. The summed E-state index contributed by atoms with van der Waals surface area (Å²) in [5.41, 5.74) is 0.231. The lowest BCUT2D eigenvalue weighted by Crippen LogP contribution is -2.55. The van der Waals surface area contributed by atoms with Crippen molar-refractivity contribution in [3.05, 3.63) is 54.1 Å². The molecule has 1 saturated heterocycles. The lowest BCUT2D eigenvalue weighted by molar-refractivity contribution is -0.132. The molecular weight excluding hydrogens is 319 g/mol. The van der Waals surface area contributed by atoms with Crippen LogP contribution in [-0.2, 0) is 15.7 Å². The van der Waals surface area contributed by atoms with Gasteiger partial charge < -0.3 is 10.6 Å². The number of rotatable bonds is 5. The minimum atomic E-state index is -0.632. The fourth-order valence-corrected chi connectivity index (χ4v) is 3.87. The Bertz CT molecular complexity index is 749. The molecule has 2 aromatic rings. The number of benzene rings is 1. The third-order valence-corrected chi connectivity index (χ3v) is 5.67. The third-order valence-electron chi connectivity index (χ3n) is 5.67. The highest BCUT2D eigenvalue weighted by molar-refractivity contribution is 5.84. The average molecular weight is 342 g/mol. The Morgan fingerprint density at radius 3 is 2.68 bits per heavy atom. The zero-order chi connectivity index (χ0) is 17.3. The van der Waals surface area contributed by atoms with Crippen molar-refractivity contribution in [2.24, 2.45) is 0 Å². The first-order chi connectivity index (χ1) is 12.1. The summed E-state index contributed by atoms with van der Waals surface area (Å²) < 4.78 is 15.4. The van der Waals surface area contributed by atoms with E-state index in [1.165, 1.54) is 6.07 Å². The van der Waals surface area contributed by atoms with Crippen LogP contribution in [0, 0.1) is 5.82 Å². The predicted octanol–water partition coefficient (Wildman–Crippen LogP) is 1.95. The summed E-state index contributed by atoms with van der Waals surface area (Å²) in [4.78, 5) is 13.1. The van der Waals surface area contributed by atoms with Gasteiger partial charge in [0.05, 0.1) is 0 Å². The van der Waals surface area contributed by atoms with Gasteiger partial charge in [0.2, 0.25) is 5.91 Å². The Hall–Kier alpha value is -2.21. The van der Waals surface area contributed by atoms with Gasteiger partial charge in [0.25, 0.3) is 0 Å². The molecule has 2 heterocycles. The van der Waals surface area contributed by atoms with E-state index in [0.717, 1.165) is 31.5 Å². The SMILES string of the molecule is O=C(NCC1(c2cccc(F)c2)CC1)C1(n2cccn2)CCNCC1. The number of piperidine rings is 1. The van der Waals surface area contributed by atoms with Gasteiger partial charge in [-0.05, 0) is 62.5 Å². The van der Waals surface area contributed by atoms with Crippen molar-refractivity contribution in [3.8, 4) is 0 Å². The molecule has 1 saturated carbocycles. The minimum absolute atomic E-state index is 0.0142. The van der Waals surface area contributed by atoms with Crippen molar-refractivity contribution in [3.63, 3.8) is 0 Å². The van der Waals surface area contributed by atoms with Gasteiger partial charge in [0, 0.05) is 24.4 Å². The monoisotopic (exact) mass is 342 g/mol. The van der Waals surface area contributed by atoms with Crippen LogP contribution < -0.4 is 10.6 Å². The summed E-state index contributed by atoms with van der Waals surface area (Å²) >= 11 is 0. The smallest absolute Gasteiger partial charge is 0.248 e. The second-order valence-electron chi connectivity index (χ2n) is 7.21. The van der Waals surface area contributed by atoms with Crippen LogP contribution in [0.4, 0.5) is 4.39 Å². The van der Waals surface area contributed by atoms with Crippen LogP contribution in [0.3, 0.4) is 0 Å². The molecule has 0 unspecified atom stereocenters. The van der Waals surface area contributed by atoms with Crippen molar-refractivity contribution in [2.75, 3.05) is 19.6 Å². The van der Waals surface area contributed by atoms with Gasteiger partial charge in [-0.25, -0.2) is 4.39 Å². The molecule has 6 heteroatoms. The quantitative estimate of drug-likeness (QED) is 0.873. The Morgan fingerprint density at radius 2 is 2.04 bits per heavy atom. The fourth-order valence-electron chi connectivity index (χ4n) is 3.87. The number of nitrogens with zero attached hydrogens (tertiary/aromatic N) is 2. The van der Waals surface area contributed by atoms with Gasteiger partial charge in [0.1, 0.15) is 11.4 Å². The number of aromatic nitrogens is 2. The zero-order valence-electron chi connectivity index (χ0n) is 14.2. The highest BCUT2D eigenvalue weighted by Crippen LogP contribution is 2.47. The molecule has 0 bridgehead atoms. The molecule has 1 aromatic heterocycles. The van der Waals surface area contributed by atoms with Gasteiger partial charge in [0.15, 0.2) is 0 Å². The Morgan fingerprint density at radius 1 is 1.24 bits per heavy atom. The van der Waals surface area contributed by atoms with E-state index in [-0.39, 0.29) is 17.1 Å². The largest absolute Gasteiger partial charge is 0.353 e. The van der Waals surface area contributed by atoms with Crippen molar-refractivity contribution in [2.45, 2.75) is 36.6 Å². The molecule has 1 aromatic carbocycles. The summed E-state index contributed by atoms with van der Waals surface area (Å²) in [5.74, 6) is -0.207. The van der Waals surface area contributed by atoms with Crippen LogP contribution in [0.2, 0.25) is 0 Å². The van der Waals surface area contributed by atoms with Crippen LogP contribution in [0.25, 0.3) is 0 Å². The predicted molar refractivity (Wildman–Crippen MR) is 92.6 cm³/mol. The second kappa shape index (κ2) is 6.26. The normalized spacial score (nSPS) is 20.8. The number of hydrogen-bond acceptors (Lipinski definition) is 3. The molecule has 1 aliphatic heterocycles. The van der Waals surface area contributed by atoms with Crippen LogP contribution in [0.15, 0.2) is 42.7 Å². The summed E-state index contributed by atoms with van der Waals surface area (Å²) in [5, 5.41) is 10.8. The van der Waals surface area contributed by atoms with E-state index in [0.29, 0.717) is 19.4 Å². The maximum Gasteiger partial charge on any atom is 0.248 e. The lowest BCUT2D eigenvalue weighted by Gasteiger charge is -2.37. The molecule has 4 rings (SSSR count). The highest BCUT2D eigenvalue weighted by atomic mass is 19.1. The molecule has 1 amide bonds. The maximum absolute atomic E-state index is 13.6. The molecule has 2 N–H and O–H groups in total. The third kappa shape index (κ3) is 2.95. The van der Waals surface area contributed by atoms with Gasteiger partial charge >= 0.3 is 0 Å². The Labute approximate surface area is 146 Å². The molecule has 2 aliphatic rings. The Kier molecular flexibility index (Phi) is 4.07. The lowest BCUT2D eigenvalue weighted by atomic mass is 9.86. The first-order valence-corrected chi connectivity index (χ1v) is 8.90. The maximum atomic E-state index is 13.6. The first-order valence-electron chi connectivity index (χ1n) is 8.90. The zero-order valence-corrected chi connectivity index (χ0v) is 14.2. The number of halogens is 1. The van der Waals surface area contributed by atoms with Crippen LogP contribution in [0.5, 0.6) is 0 Å². The van der Waals surface area contributed by atoms with E-state index >= 15 is 0 Å². The molecule has 132 valence electrons. The molecule has 25 heavy (non-hydrogen) atoms. The van der Waals surface area contributed by atoms with E-state index in [1.807, 2.05) is 18.3 Å². The van der Waals surface area contributed by atoms with Gasteiger partial charge in [-0.15, -0.1) is 0 Å². The van der Waals surface area contributed by atoms with Crippen molar-refractivity contribution >= 4 is 5.91 Å². The molecule has 5 nitrogen and oxygen atoms in total. The minimum Gasteiger partial charge on any atom is -0.353 e. The van der Waals surface area contributed by atoms with Crippen molar-refractivity contribution in [1.29, 1.82) is 0 Å². The number of hydrogen-bond donors (Lipinski definition) is 2. The highest BCUT2D eigenvalue weighted by Gasteiger charge is 2.47. The standard InChI is InChI=1S/C19H23FN4O/c20-16-4-1-3-15(13-16)18(5-6-18)14-22-17(25)19(7-10-21-11-8-19)24-12-2-9-23-24/h1-4,9,12-13,21H,5-8,10-11,14H2,(H,22,25). The van der Waals surface area contributed by atoms with Crippen LogP contribution >= 0.6 is 0 Å². The topological polar surface area (TPSA) is 59.0 Å². The number of carbonyl (C=O) groups is 1. The fraction of sp³-hybridized carbons (Fsp3) is 0.474. The molecule has 0 radical (unpaired) electrons. The second-order valence-corrected chi connectivity index (χ2v) is 7.21. The van der Waals surface area contributed by atoms with E-state index in [9.17, 15) is 9.18 Å². The number of carbonyl (C=O) groups excluding carboxylic acids is 1. The summed E-state index contributed by atoms with van der Waals surface area (Å²) in [6.45, 7) is 2.14. The Balaban J connectivity index is 1.51. The first kappa shape index (κ1) is 16.3. The van der Waals surface area contributed by atoms with Crippen molar-refractivity contribution in [1.82, 2.24) is 20.4 Å². The van der Waals surface area contributed by atoms with Gasteiger partial charge in [-0.3, -0.25) is 9.48 Å². The van der Waals surface area contributed by atoms with Gasteiger partial charge in [-0.1, -0.05) is 12.1 Å². The summed E-state index contributed by atoms with van der Waals surface area (Å²) in [7, 11) is 0. The molecule has 0 spiro atoms. The van der Waals surface area contributed by atoms with Crippen LogP contribution in [0.1, 0.15) is 31.2 Å². The van der Waals surface area contributed by atoms with E-state index in [2.05, 4.69) is 15.7 Å². The van der Waals surface area contributed by atoms with Crippen LogP contribution in [-0.4, -0.2) is 35.3 Å². The summed E-state index contributed by atoms with van der Waals surface area (Å²) in [6, 6.07) is 8.60. The van der Waals surface area contributed by atoms with E-state index in [1.54, 1.807) is 23.0 Å². The molecular formula is C19H23FN4O. The molecule has 2 fully saturated rings.